The quantitative estimate of drug-likeness (QED) is 0.137. The molecule has 0 bridgehead atoms. The number of hydrogen-bond donors (Lipinski definition) is 1. The van der Waals surface area contributed by atoms with Gasteiger partial charge in [0.25, 0.3) is 5.91 Å². The van der Waals surface area contributed by atoms with E-state index in [2.05, 4.69) is 31.3 Å². The second-order valence-electron chi connectivity index (χ2n) is 9.52. The van der Waals surface area contributed by atoms with Gasteiger partial charge in [-0.05, 0) is 97.6 Å². The molecule has 4 rings (SSSR count). The number of nitrogens with one attached hydrogen (secondary N) is 1. The standard InChI is InChI=1S/C34H30Cl2N2O4/c1-4-40-33-17-24(7-14-32(33)42-20-25-6-5-22(2)23(3)15-25)16-27(19-37)34(39)38-29-10-12-30(13-11-29)41-21-26-8-9-28(35)18-31(26)36/h5-18H,4,20-21H2,1-3H3,(H,38,39)/b27-16+. The number of benzene rings is 4. The lowest BCUT2D eigenvalue weighted by atomic mass is 10.1. The van der Waals surface area contributed by atoms with E-state index in [1.807, 2.05) is 19.1 Å². The SMILES string of the molecule is CCOc1cc(/C=C(\C#N)C(=O)Nc2ccc(OCc3ccc(Cl)cc3Cl)cc2)ccc1OCc1ccc(C)c(C)c1. The Hall–Kier alpha value is -4.44. The maximum atomic E-state index is 12.9. The lowest BCUT2D eigenvalue weighted by Crippen LogP contribution is -2.13. The summed E-state index contributed by atoms with van der Waals surface area (Å²) in [6.07, 6.45) is 1.51. The normalized spacial score (nSPS) is 11.0. The average molecular weight is 602 g/mol. The zero-order chi connectivity index (χ0) is 30.1. The Morgan fingerprint density at radius 2 is 1.64 bits per heavy atom. The predicted molar refractivity (Wildman–Crippen MR) is 167 cm³/mol. The minimum Gasteiger partial charge on any atom is -0.490 e. The Kier molecular flexibility index (Phi) is 10.5. The Labute approximate surface area is 256 Å². The second kappa shape index (κ2) is 14.5. The number of carbonyl (C=O) groups is 1. The first kappa shape index (κ1) is 30.5. The summed E-state index contributed by atoms with van der Waals surface area (Å²) in [7, 11) is 0. The van der Waals surface area contributed by atoms with E-state index in [1.165, 1.54) is 17.2 Å². The third-order valence-electron chi connectivity index (χ3n) is 6.43. The third-order valence-corrected chi connectivity index (χ3v) is 7.02. The first-order chi connectivity index (χ1) is 20.2. The van der Waals surface area contributed by atoms with Gasteiger partial charge in [0.2, 0.25) is 0 Å². The van der Waals surface area contributed by atoms with Crippen LogP contribution in [0, 0.1) is 25.2 Å². The Morgan fingerprint density at radius 3 is 2.33 bits per heavy atom. The number of nitrogens with zero attached hydrogens (tertiary/aromatic N) is 1. The van der Waals surface area contributed by atoms with Crippen LogP contribution in [0.2, 0.25) is 10.0 Å². The van der Waals surface area contributed by atoms with Crippen molar-refractivity contribution in [1.29, 1.82) is 5.26 Å². The van der Waals surface area contributed by atoms with E-state index in [0.29, 0.717) is 51.8 Å². The van der Waals surface area contributed by atoms with Gasteiger partial charge < -0.3 is 19.5 Å². The molecule has 0 aliphatic carbocycles. The predicted octanol–water partition coefficient (Wildman–Crippen LogP) is 8.71. The summed E-state index contributed by atoms with van der Waals surface area (Å²) in [6.45, 7) is 7.11. The highest BCUT2D eigenvalue weighted by atomic mass is 35.5. The fourth-order valence-electron chi connectivity index (χ4n) is 4.00. The van der Waals surface area contributed by atoms with E-state index in [1.54, 1.807) is 60.7 Å². The van der Waals surface area contributed by atoms with Crippen LogP contribution in [0.25, 0.3) is 6.08 Å². The molecule has 0 heterocycles. The molecule has 1 N–H and O–H groups in total. The molecule has 0 radical (unpaired) electrons. The van der Waals surface area contributed by atoms with Crippen molar-refractivity contribution in [3.05, 3.63) is 122 Å². The van der Waals surface area contributed by atoms with Gasteiger partial charge in [-0.1, -0.05) is 53.5 Å². The highest BCUT2D eigenvalue weighted by Crippen LogP contribution is 2.31. The van der Waals surface area contributed by atoms with Crippen LogP contribution >= 0.6 is 23.2 Å². The monoisotopic (exact) mass is 600 g/mol. The van der Waals surface area contributed by atoms with Gasteiger partial charge in [0.15, 0.2) is 11.5 Å². The van der Waals surface area contributed by atoms with Crippen molar-refractivity contribution in [1.82, 2.24) is 0 Å². The van der Waals surface area contributed by atoms with Gasteiger partial charge in [-0.3, -0.25) is 4.79 Å². The molecule has 0 saturated carbocycles. The topological polar surface area (TPSA) is 80.6 Å². The van der Waals surface area contributed by atoms with Crippen molar-refractivity contribution in [2.45, 2.75) is 34.0 Å². The van der Waals surface area contributed by atoms with Crippen LogP contribution in [0.5, 0.6) is 17.2 Å². The molecule has 8 heteroatoms. The number of ether oxygens (including phenoxy) is 3. The van der Waals surface area contributed by atoms with Crippen molar-refractivity contribution in [3.63, 3.8) is 0 Å². The molecule has 0 spiro atoms. The van der Waals surface area contributed by atoms with E-state index in [-0.39, 0.29) is 12.2 Å². The molecule has 0 atom stereocenters. The molecule has 214 valence electrons. The van der Waals surface area contributed by atoms with Crippen molar-refractivity contribution in [3.8, 4) is 23.3 Å². The largest absolute Gasteiger partial charge is 0.490 e. The van der Waals surface area contributed by atoms with Gasteiger partial charge in [0, 0.05) is 21.3 Å². The van der Waals surface area contributed by atoms with Gasteiger partial charge in [-0.15, -0.1) is 0 Å². The average Bonchev–Trinajstić information content (AvgIpc) is 2.97. The summed E-state index contributed by atoms with van der Waals surface area (Å²) >= 11 is 12.1. The number of amides is 1. The molecule has 42 heavy (non-hydrogen) atoms. The Balaban J connectivity index is 1.40. The van der Waals surface area contributed by atoms with Gasteiger partial charge in [0.1, 0.15) is 30.6 Å². The minimum atomic E-state index is -0.535. The fourth-order valence-corrected chi connectivity index (χ4v) is 4.47. The Bertz CT molecular complexity index is 1640. The molecule has 0 saturated heterocycles. The maximum absolute atomic E-state index is 12.9. The minimum absolute atomic E-state index is 0.0565. The number of rotatable bonds is 11. The summed E-state index contributed by atoms with van der Waals surface area (Å²) in [5, 5.41) is 13.5. The molecule has 0 aliphatic rings. The lowest BCUT2D eigenvalue weighted by Gasteiger charge is -2.13. The third kappa shape index (κ3) is 8.29. The van der Waals surface area contributed by atoms with Crippen LogP contribution in [0.3, 0.4) is 0 Å². The van der Waals surface area contributed by atoms with Crippen LogP contribution in [0.15, 0.2) is 84.4 Å². The fraction of sp³-hybridized carbons (Fsp3) is 0.176. The molecule has 0 fully saturated rings. The molecule has 1 amide bonds. The number of hydrogen-bond acceptors (Lipinski definition) is 5. The van der Waals surface area contributed by atoms with E-state index in [0.717, 1.165) is 11.1 Å². The number of nitriles is 1. The molecule has 4 aromatic rings. The smallest absolute Gasteiger partial charge is 0.266 e. The van der Waals surface area contributed by atoms with Gasteiger partial charge in [-0.25, -0.2) is 0 Å². The van der Waals surface area contributed by atoms with Crippen molar-refractivity contribution >= 4 is 40.9 Å². The Morgan fingerprint density at radius 1 is 0.857 bits per heavy atom. The lowest BCUT2D eigenvalue weighted by molar-refractivity contribution is -0.112. The molecule has 6 nitrogen and oxygen atoms in total. The maximum Gasteiger partial charge on any atom is 0.266 e. The zero-order valence-corrected chi connectivity index (χ0v) is 25.1. The van der Waals surface area contributed by atoms with Crippen LogP contribution in [-0.4, -0.2) is 12.5 Å². The number of anilines is 1. The van der Waals surface area contributed by atoms with E-state index < -0.39 is 5.91 Å². The van der Waals surface area contributed by atoms with E-state index in [9.17, 15) is 10.1 Å². The van der Waals surface area contributed by atoms with Gasteiger partial charge >= 0.3 is 0 Å². The van der Waals surface area contributed by atoms with Crippen LogP contribution in [0.4, 0.5) is 5.69 Å². The molecular weight excluding hydrogens is 571 g/mol. The van der Waals surface area contributed by atoms with Crippen LogP contribution < -0.4 is 19.5 Å². The summed E-state index contributed by atoms with van der Waals surface area (Å²) in [4.78, 5) is 12.9. The second-order valence-corrected chi connectivity index (χ2v) is 10.4. The van der Waals surface area contributed by atoms with Crippen LogP contribution in [-0.2, 0) is 18.0 Å². The van der Waals surface area contributed by atoms with E-state index in [4.69, 9.17) is 37.4 Å². The zero-order valence-electron chi connectivity index (χ0n) is 23.5. The van der Waals surface area contributed by atoms with Crippen molar-refractivity contribution < 1.29 is 19.0 Å². The number of carbonyl (C=O) groups excluding carboxylic acids is 1. The number of aryl methyl sites for hydroxylation is 2. The van der Waals surface area contributed by atoms with Crippen molar-refractivity contribution in [2.75, 3.05) is 11.9 Å². The highest BCUT2D eigenvalue weighted by Gasteiger charge is 2.12. The number of halogens is 2. The van der Waals surface area contributed by atoms with E-state index >= 15 is 0 Å². The van der Waals surface area contributed by atoms with Gasteiger partial charge in [0.05, 0.1) is 6.61 Å². The molecule has 0 aliphatic heterocycles. The summed E-state index contributed by atoms with van der Waals surface area (Å²) < 4.78 is 17.6. The molecule has 4 aromatic carbocycles. The summed E-state index contributed by atoms with van der Waals surface area (Å²) in [5.74, 6) is 1.17. The summed E-state index contributed by atoms with van der Waals surface area (Å²) in [5.41, 5.74) is 5.38. The molecule has 0 aromatic heterocycles. The first-order valence-electron chi connectivity index (χ1n) is 13.3. The van der Waals surface area contributed by atoms with Crippen LogP contribution in [0.1, 0.15) is 34.7 Å². The summed E-state index contributed by atoms with van der Waals surface area (Å²) in [6, 6.07) is 25.5. The highest BCUT2D eigenvalue weighted by molar-refractivity contribution is 6.35. The molecule has 0 unspecified atom stereocenters. The molecular formula is C34H30Cl2N2O4. The van der Waals surface area contributed by atoms with Crippen molar-refractivity contribution in [2.24, 2.45) is 0 Å². The first-order valence-corrected chi connectivity index (χ1v) is 14.1. The van der Waals surface area contributed by atoms with Gasteiger partial charge in [-0.2, -0.15) is 5.26 Å².